The molecule has 0 atom stereocenters. The van der Waals surface area contributed by atoms with Crippen molar-refractivity contribution in [1.82, 2.24) is 15.1 Å². The van der Waals surface area contributed by atoms with Crippen LogP contribution in [0.1, 0.15) is 5.56 Å². The molecule has 2 heterocycles. The lowest BCUT2D eigenvalue weighted by molar-refractivity contribution is 0.208. The lowest BCUT2D eigenvalue weighted by Gasteiger charge is -2.35. The van der Waals surface area contributed by atoms with Crippen LogP contribution < -0.4 is 15.0 Å². The summed E-state index contributed by atoms with van der Waals surface area (Å²) >= 11 is 0. The second-order valence-electron chi connectivity index (χ2n) is 7.28. The van der Waals surface area contributed by atoms with Crippen molar-refractivity contribution in [3.8, 4) is 17.0 Å². The number of anilines is 2. The summed E-state index contributed by atoms with van der Waals surface area (Å²) in [5.74, 6) is 1.59. The van der Waals surface area contributed by atoms with Gasteiger partial charge in [0.15, 0.2) is 5.82 Å². The quantitative estimate of drug-likeness (QED) is 0.717. The number of aryl methyl sites for hydroxylation is 1. The van der Waals surface area contributed by atoms with Gasteiger partial charge in [0.1, 0.15) is 5.75 Å². The third-order valence-corrected chi connectivity index (χ3v) is 5.23. The first-order valence-electron chi connectivity index (χ1n) is 9.98. The highest BCUT2D eigenvalue weighted by Gasteiger charge is 2.22. The standard InChI is InChI=1S/C23H25N5O2/c1-17-3-5-18(6-4-17)21-11-12-22(26-25-21)27-13-15-28(16-14-27)23(29)24-19-7-9-20(30-2)10-8-19/h3-12H,13-16H2,1-2H3,(H,24,29). The van der Waals surface area contributed by atoms with Gasteiger partial charge in [0.25, 0.3) is 0 Å². The van der Waals surface area contributed by atoms with Gasteiger partial charge in [-0.3, -0.25) is 0 Å². The minimum absolute atomic E-state index is 0.0966. The highest BCUT2D eigenvalue weighted by atomic mass is 16.5. The minimum atomic E-state index is -0.0966. The number of nitrogens with zero attached hydrogens (tertiary/aromatic N) is 4. The van der Waals surface area contributed by atoms with Crippen LogP contribution in [-0.4, -0.2) is 54.4 Å². The van der Waals surface area contributed by atoms with E-state index in [-0.39, 0.29) is 6.03 Å². The zero-order valence-corrected chi connectivity index (χ0v) is 17.2. The minimum Gasteiger partial charge on any atom is -0.497 e. The Morgan fingerprint density at radius 1 is 0.900 bits per heavy atom. The predicted molar refractivity (Wildman–Crippen MR) is 118 cm³/mol. The average Bonchev–Trinajstić information content (AvgIpc) is 2.80. The summed E-state index contributed by atoms with van der Waals surface area (Å²) in [4.78, 5) is 16.5. The smallest absolute Gasteiger partial charge is 0.321 e. The summed E-state index contributed by atoms with van der Waals surface area (Å²) in [7, 11) is 1.62. The maximum atomic E-state index is 12.5. The molecule has 30 heavy (non-hydrogen) atoms. The average molecular weight is 403 g/mol. The van der Waals surface area contributed by atoms with E-state index < -0.39 is 0 Å². The van der Waals surface area contributed by atoms with Crippen LogP contribution in [0.4, 0.5) is 16.3 Å². The first-order chi connectivity index (χ1) is 14.6. The number of methoxy groups -OCH3 is 1. The molecular weight excluding hydrogens is 378 g/mol. The summed E-state index contributed by atoms with van der Waals surface area (Å²) in [6, 6.07) is 19.5. The number of hydrogen-bond donors (Lipinski definition) is 1. The number of urea groups is 1. The Balaban J connectivity index is 1.32. The van der Waals surface area contributed by atoms with Crippen LogP contribution >= 0.6 is 0 Å². The Morgan fingerprint density at radius 3 is 2.20 bits per heavy atom. The fourth-order valence-electron chi connectivity index (χ4n) is 3.39. The van der Waals surface area contributed by atoms with Gasteiger partial charge in [-0.25, -0.2) is 4.79 Å². The Kier molecular flexibility index (Phi) is 5.79. The number of benzene rings is 2. The highest BCUT2D eigenvalue weighted by Crippen LogP contribution is 2.20. The van der Waals surface area contributed by atoms with Crippen molar-refractivity contribution in [2.45, 2.75) is 6.92 Å². The fraction of sp³-hybridized carbons (Fsp3) is 0.261. The van der Waals surface area contributed by atoms with Crippen LogP contribution in [0.5, 0.6) is 5.75 Å². The summed E-state index contributed by atoms with van der Waals surface area (Å²) < 4.78 is 5.14. The molecule has 0 radical (unpaired) electrons. The summed E-state index contributed by atoms with van der Waals surface area (Å²) in [6.45, 7) is 4.76. The van der Waals surface area contributed by atoms with Gasteiger partial charge < -0.3 is 19.9 Å². The van der Waals surface area contributed by atoms with Gasteiger partial charge in [0.05, 0.1) is 12.8 Å². The maximum Gasteiger partial charge on any atom is 0.321 e. The van der Waals surface area contributed by atoms with Gasteiger partial charge >= 0.3 is 6.03 Å². The van der Waals surface area contributed by atoms with E-state index in [2.05, 4.69) is 51.6 Å². The normalized spacial score (nSPS) is 13.8. The third-order valence-electron chi connectivity index (χ3n) is 5.23. The molecular formula is C23H25N5O2. The lowest BCUT2D eigenvalue weighted by atomic mass is 10.1. The molecule has 3 aromatic rings. The second kappa shape index (κ2) is 8.82. The largest absolute Gasteiger partial charge is 0.497 e. The van der Waals surface area contributed by atoms with E-state index >= 15 is 0 Å². The number of nitrogens with one attached hydrogen (secondary N) is 1. The monoisotopic (exact) mass is 403 g/mol. The molecule has 1 N–H and O–H groups in total. The first-order valence-corrected chi connectivity index (χ1v) is 9.98. The molecule has 2 amide bonds. The van der Waals surface area contributed by atoms with Crippen molar-refractivity contribution in [1.29, 1.82) is 0 Å². The Bertz CT molecular complexity index is 980. The molecule has 0 unspecified atom stereocenters. The zero-order valence-electron chi connectivity index (χ0n) is 17.2. The van der Waals surface area contributed by atoms with Crippen molar-refractivity contribution in [2.24, 2.45) is 0 Å². The predicted octanol–water partition coefficient (Wildman–Crippen LogP) is 3.81. The molecule has 7 heteroatoms. The fourth-order valence-corrected chi connectivity index (χ4v) is 3.39. The lowest BCUT2D eigenvalue weighted by Crippen LogP contribution is -2.50. The topological polar surface area (TPSA) is 70.6 Å². The molecule has 0 saturated carbocycles. The SMILES string of the molecule is COc1ccc(NC(=O)N2CCN(c3ccc(-c4ccc(C)cc4)nn3)CC2)cc1. The van der Waals surface area contributed by atoms with Crippen molar-refractivity contribution in [2.75, 3.05) is 43.5 Å². The van der Waals surface area contributed by atoms with E-state index in [1.54, 1.807) is 7.11 Å². The molecule has 4 rings (SSSR count). The molecule has 1 saturated heterocycles. The Hall–Kier alpha value is -3.61. The molecule has 7 nitrogen and oxygen atoms in total. The molecule has 1 fully saturated rings. The molecule has 1 aliphatic rings. The summed E-state index contributed by atoms with van der Waals surface area (Å²) in [5, 5.41) is 11.7. The van der Waals surface area contributed by atoms with Gasteiger partial charge in [0, 0.05) is 37.4 Å². The summed E-state index contributed by atoms with van der Waals surface area (Å²) in [5.41, 5.74) is 3.88. The van der Waals surface area contributed by atoms with Crippen LogP contribution in [0.2, 0.25) is 0 Å². The van der Waals surface area contributed by atoms with Crippen LogP contribution in [0.3, 0.4) is 0 Å². The number of ether oxygens (including phenoxy) is 1. The molecule has 0 bridgehead atoms. The van der Waals surface area contributed by atoms with E-state index in [0.717, 1.165) is 28.5 Å². The Labute approximate surface area is 176 Å². The number of piperazine rings is 1. The Morgan fingerprint density at radius 2 is 1.60 bits per heavy atom. The number of carbonyl (C=O) groups excluding carboxylic acids is 1. The van der Waals surface area contributed by atoms with Crippen molar-refractivity contribution >= 4 is 17.5 Å². The number of amides is 2. The van der Waals surface area contributed by atoms with E-state index in [4.69, 9.17) is 4.74 Å². The van der Waals surface area contributed by atoms with Crippen LogP contribution in [0, 0.1) is 6.92 Å². The molecule has 0 spiro atoms. The van der Waals surface area contributed by atoms with Crippen molar-refractivity contribution < 1.29 is 9.53 Å². The van der Waals surface area contributed by atoms with Crippen LogP contribution in [-0.2, 0) is 0 Å². The first kappa shape index (κ1) is 19.7. The number of rotatable bonds is 4. The van der Waals surface area contributed by atoms with E-state index in [1.165, 1.54) is 5.56 Å². The van der Waals surface area contributed by atoms with Gasteiger partial charge in [-0.05, 0) is 43.3 Å². The zero-order chi connectivity index (χ0) is 20.9. The second-order valence-corrected chi connectivity index (χ2v) is 7.28. The maximum absolute atomic E-state index is 12.5. The van der Waals surface area contributed by atoms with E-state index in [9.17, 15) is 4.79 Å². The van der Waals surface area contributed by atoms with Gasteiger partial charge in [-0.15, -0.1) is 10.2 Å². The molecule has 0 aliphatic carbocycles. The van der Waals surface area contributed by atoms with Crippen molar-refractivity contribution in [3.63, 3.8) is 0 Å². The van der Waals surface area contributed by atoms with Gasteiger partial charge in [0.2, 0.25) is 0 Å². The van der Waals surface area contributed by atoms with E-state index in [1.807, 2.05) is 41.3 Å². The molecule has 2 aromatic carbocycles. The molecule has 154 valence electrons. The summed E-state index contributed by atoms with van der Waals surface area (Å²) in [6.07, 6.45) is 0. The van der Waals surface area contributed by atoms with Crippen LogP contribution in [0.25, 0.3) is 11.3 Å². The third kappa shape index (κ3) is 4.51. The van der Waals surface area contributed by atoms with Crippen LogP contribution in [0.15, 0.2) is 60.7 Å². The molecule has 1 aromatic heterocycles. The van der Waals surface area contributed by atoms with Gasteiger partial charge in [-0.2, -0.15) is 0 Å². The van der Waals surface area contributed by atoms with Crippen molar-refractivity contribution in [3.05, 3.63) is 66.2 Å². The molecule has 1 aliphatic heterocycles. The number of carbonyl (C=O) groups is 1. The highest BCUT2D eigenvalue weighted by molar-refractivity contribution is 5.89. The van der Waals surface area contributed by atoms with Gasteiger partial charge in [-0.1, -0.05) is 29.8 Å². The number of aromatic nitrogens is 2. The van der Waals surface area contributed by atoms with E-state index in [0.29, 0.717) is 26.2 Å². The number of hydrogen-bond acceptors (Lipinski definition) is 5.